The van der Waals surface area contributed by atoms with Crippen LogP contribution >= 0.6 is 0 Å². The molecule has 5 nitrogen and oxygen atoms in total. The van der Waals surface area contributed by atoms with E-state index in [1.54, 1.807) is 7.11 Å². The number of pyridine rings is 1. The maximum Gasteiger partial charge on any atom is 0.225 e. The lowest BCUT2D eigenvalue weighted by Crippen LogP contribution is -2.45. The Morgan fingerprint density at radius 1 is 0.935 bits per heavy atom. The molecule has 0 spiro atoms. The topological polar surface area (TPSA) is 51.7 Å². The normalized spacial score (nSPS) is 17.4. The van der Waals surface area contributed by atoms with Gasteiger partial charge in [-0.15, -0.1) is 0 Å². The third kappa shape index (κ3) is 4.22. The minimum absolute atomic E-state index is 0.178. The van der Waals surface area contributed by atoms with E-state index in [0.29, 0.717) is 11.8 Å². The highest BCUT2D eigenvalue weighted by atomic mass is 16.5. The predicted octanol–water partition coefficient (Wildman–Crippen LogP) is 5.08. The molecule has 3 aromatic rings. The summed E-state index contributed by atoms with van der Waals surface area (Å²) < 4.78 is 11.5. The zero-order valence-electron chi connectivity index (χ0n) is 17.9. The number of ether oxygens (including phenoxy) is 2. The van der Waals surface area contributed by atoms with E-state index in [9.17, 15) is 4.79 Å². The van der Waals surface area contributed by atoms with Gasteiger partial charge in [-0.05, 0) is 47.6 Å². The van der Waals surface area contributed by atoms with Crippen molar-refractivity contribution in [3.8, 4) is 22.8 Å². The molecule has 160 valence electrons. The van der Waals surface area contributed by atoms with E-state index in [4.69, 9.17) is 9.47 Å². The van der Waals surface area contributed by atoms with Gasteiger partial charge in [0.1, 0.15) is 11.9 Å². The summed E-state index contributed by atoms with van der Waals surface area (Å²) in [7, 11) is 1.63. The van der Waals surface area contributed by atoms with Crippen LogP contribution in [0.5, 0.6) is 11.6 Å². The van der Waals surface area contributed by atoms with Gasteiger partial charge in [-0.2, -0.15) is 0 Å². The highest BCUT2D eigenvalue weighted by molar-refractivity contribution is 5.87. The molecule has 0 unspecified atom stereocenters. The van der Waals surface area contributed by atoms with E-state index < -0.39 is 0 Å². The zero-order chi connectivity index (χ0) is 21.2. The van der Waals surface area contributed by atoms with Crippen molar-refractivity contribution in [1.82, 2.24) is 9.88 Å². The Labute approximate surface area is 183 Å². The van der Waals surface area contributed by atoms with Crippen LogP contribution in [-0.2, 0) is 4.79 Å². The summed E-state index contributed by atoms with van der Waals surface area (Å²) >= 11 is 0. The molecule has 2 fully saturated rings. The highest BCUT2D eigenvalue weighted by Crippen LogP contribution is 2.31. The van der Waals surface area contributed by atoms with Crippen LogP contribution in [-0.4, -0.2) is 42.1 Å². The molecule has 5 heteroatoms. The molecule has 0 atom stereocenters. The smallest absolute Gasteiger partial charge is 0.225 e. The lowest BCUT2D eigenvalue weighted by Gasteiger charge is -2.36. The minimum atomic E-state index is 0.178. The first-order valence-corrected chi connectivity index (χ1v) is 11.2. The largest absolute Gasteiger partial charge is 0.490 e. The Hall–Kier alpha value is -3.08. The van der Waals surface area contributed by atoms with E-state index >= 15 is 0 Å². The van der Waals surface area contributed by atoms with Crippen LogP contribution in [0.4, 0.5) is 0 Å². The standard InChI is InChI=1S/C26H28N2O3/c1-30-25-16-22-15-20(5-6-21(22)17-27-25)18-7-9-23(10-8-18)31-24-11-13-28(14-12-24)26(29)19-3-2-4-19/h5-10,15-17,19,24H,2-4,11-14H2,1H3. The molecule has 1 aliphatic carbocycles. The molecule has 1 aromatic heterocycles. The van der Waals surface area contributed by atoms with Crippen molar-refractivity contribution in [2.45, 2.75) is 38.2 Å². The molecule has 0 radical (unpaired) electrons. The summed E-state index contributed by atoms with van der Waals surface area (Å²) in [6.45, 7) is 1.63. The van der Waals surface area contributed by atoms with E-state index in [-0.39, 0.29) is 12.0 Å². The van der Waals surface area contributed by atoms with E-state index in [1.807, 2.05) is 29.3 Å². The third-order valence-electron chi connectivity index (χ3n) is 6.60. The summed E-state index contributed by atoms with van der Waals surface area (Å²) in [6.07, 6.45) is 7.17. The average molecular weight is 417 g/mol. The fourth-order valence-electron chi connectivity index (χ4n) is 4.44. The molecule has 2 aliphatic rings. The molecule has 2 aromatic carbocycles. The summed E-state index contributed by atoms with van der Waals surface area (Å²) in [5, 5.41) is 2.19. The number of fused-ring (bicyclic) bond motifs is 1. The number of likely N-dealkylation sites (tertiary alicyclic amines) is 1. The van der Waals surface area contributed by atoms with Crippen LogP contribution in [0.15, 0.2) is 54.7 Å². The van der Waals surface area contributed by atoms with Crippen LogP contribution in [0, 0.1) is 5.92 Å². The summed E-state index contributed by atoms with van der Waals surface area (Å²) in [5.41, 5.74) is 2.29. The van der Waals surface area contributed by atoms with Gasteiger partial charge in [0.05, 0.1) is 7.11 Å². The number of carbonyl (C=O) groups excluding carboxylic acids is 1. The van der Waals surface area contributed by atoms with Crippen LogP contribution in [0.25, 0.3) is 21.9 Å². The summed E-state index contributed by atoms with van der Waals surface area (Å²) in [6, 6.07) is 16.6. The first-order valence-electron chi connectivity index (χ1n) is 11.2. The molecular formula is C26H28N2O3. The second-order valence-corrected chi connectivity index (χ2v) is 8.58. The average Bonchev–Trinajstić information content (AvgIpc) is 2.78. The first kappa shape index (κ1) is 19.9. The summed E-state index contributed by atoms with van der Waals surface area (Å²) in [5.74, 6) is 2.16. The van der Waals surface area contributed by atoms with Gasteiger partial charge in [0.2, 0.25) is 11.8 Å². The number of methoxy groups -OCH3 is 1. The van der Waals surface area contributed by atoms with Gasteiger partial charge >= 0.3 is 0 Å². The van der Waals surface area contributed by atoms with E-state index in [1.165, 1.54) is 6.42 Å². The predicted molar refractivity (Wildman–Crippen MR) is 121 cm³/mol. The number of aromatic nitrogens is 1. The SMILES string of the molecule is COc1cc2cc(-c3ccc(OC4CCN(C(=O)C5CCC5)CC4)cc3)ccc2cn1. The van der Waals surface area contributed by atoms with Crippen molar-refractivity contribution in [3.63, 3.8) is 0 Å². The molecule has 0 bridgehead atoms. The molecule has 5 rings (SSSR count). The van der Waals surface area contributed by atoms with Crippen molar-refractivity contribution in [2.75, 3.05) is 20.2 Å². The zero-order valence-corrected chi connectivity index (χ0v) is 17.9. The highest BCUT2D eigenvalue weighted by Gasteiger charge is 2.32. The lowest BCUT2D eigenvalue weighted by molar-refractivity contribution is -0.140. The monoisotopic (exact) mass is 416 g/mol. The van der Waals surface area contributed by atoms with Crippen molar-refractivity contribution >= 4 is 16.7 Å². The Kier molecular flexibility index (Phi) is 5.49. The van der Waals surface area contributed by atoms with Crippen LogP contribution < -0.4 is 9.47 Å². The maximum absolute atomic E-state index is 12.4. The minimum Gasteiger partial charge on any atom is -0.490 e. The number of nitrogens with zero attached hydrogens (tertiary/aromatic N) is 2. The molecular weight excluding hydrogens is 388 g/mol. The molecule has 1 saturated heterocycles. The molecule has 2 heterocycles. The van der Waals surface area contributed by atoms with Crippen molar-refractivity contribution in [2.24, 2.45) is 5.92 Å². The lowest BCUT2D eigenvalue weighted by atomic mass is 9.84. The number of benzene rings is 2. The van der Waals surface area contributed by atoms with Crippen LogP contribution in [0.3, 0.4) is 0 Å². The van der Waals surface area contributed by atoms with E-state index in [0.717, 1.165) is 66.4 Å². The second kappa shape index (κ2) is 8.58. The second-order valence-electron chi connectivity index (χ2n) is 8.58. The number of hydrogen-bond acceptors (Lipinski definition) is 4. The molecule has 0 N–H and O–H groups in total. The van der Waals surface area contributed by atoms with Gasteiger partial charge < -0.3 is 14.4 Å². The summed E-state index contributed by atoms with van der Waals surface area (Å²) in [4.78, 5) is 18.7. The Morgan fingerprint density at radius 2 is 1.68 bits per heavy atom. The Bertz CT molecular complexity index is 1070. The molecule has 31 heavy (non-hydrogen) atoms. The number of piperidine rings is 1. The van der Waals surface area contributed by atoms with Crippen LogP contribution in [0.1, 0.15) is 32.1 Å². The van der Waals surface area contributed by atoms with Gasteiger partial charge in [-0.1, -0.05) is 30.7 Å². The van der Waals surface area contributed by atoms with Crippen LogP contribution in [0.2, 0.25) is 0 Å². The van der Waals surface area contributed by atoms with Crippen molar-refractivity contribution in [1.29, 1.82) is 0 Å². The maximum atomic E-state index is 12.4. The fraction of sp³-hybridized carbons (Fsp3) is 0.385. The van der Waals surface area contributed by atoms with Gasteiger partial charge in [0.15, 0.2) is 0 Å². The van der Waals surface area contributed by atoms with E-state index in [2.05, 4.69) is 35.3 Å². The van der Waals surface area contributed by atoms with Gasteiger partial charge in [0, 0.05) is 49.5 Å². The van der Waals surface area contributed by atoms with Gasteiger partial charge in [0.25, 0.3) is 0 Å². The number of hydrogen-bond donors (Lipinski definition) is 0. The molecule has 1 aliphatic heterocycles. The number of carbonyl (C=O) groups is 1. The van der Waals surface area contributed by atoms with Crippen molar-refractivity contribution < 1.29 is 14.3 Å². The number of rotatable bonds is 5. The molecule has 1 amide bonds. The van der Waals surface area contributed by atoms with Crippen molar-refractivity contribution in [3.05, 3.63) is 54.7 Å². The van der Waals surface area contributed by atoms with Gasteiger partial charge in [-0.25, -0.2) is 4.98 Å². The quantitative estimate of drug-likeness (QED) is 0.582. The number of amides is 1. The van der Waals surface area contributed by atoms with Gasteiger partial charge in [-0.3, -0.25) is 4.79 Å². The first-order chi connectivity index (χ1) is 15.2. The fourth-order valence-corrected chi connectivity index (χ4v) is 4.44. The molecule has 1 saturated carbocycles. The Balaban J connectivity index is 1.21. The Morgan fingerprint density at radius 3 is 2.35 bits per heavy atom. The third-order valence-corrected chi connectivity index (χ3v) is 6.60.